The van der Waals surface area contributed by atoms with E-state index in [0.717, 1.165) is 16.7 Å². The number of benzene rings is 3. The van der Waals surface area contributed by atoms with E-state index in [1.165, 1.54) is 4.90 Å². The number of nitrogens with zero attached hydrogens (tertiary/aromatic N) is 2. The average molecular weight is 516 g/mol. The molecule has 0 radical (unpaired) electrons. The lowest BCUT2D eigenvalue weighted by Gasteiger charge is -2.30. The largest absolute Gasteiger partial charge is 0.447 e. The van der Waals surface area contributed by atoms with Gasteiger partial charge in [-0.15, -0.1) is 0 Å². The van der Waals surface area contributed by atoms with Gasteiger partial charge in [0.05, 0.1) is 29.1 Å². The second kappa shape index (κ2) is 12.6. The van der Waals surface area contributed by atoms with E-state index in [2.05, 4.69) is 16.9 Å². The normalized spacial score (nSPS) is 11.4. The van der Waals surface area contributed by atoms with Crippen molar-refractivity contribution in [3.8, 4) is 17.2 Å². The fourth-order valence-electron chi connectivity index (χ4n) is 4.18. The van der Waals surface area contributed by atoms with Crippen molar-refractivity contribution in [3.63, 3.8) is 0 Å². The Labute approximate surface area is 222 Å². The van der Waals surface area contributed by atoms with Crippen molar-refractivity contribution in [2.75, 3.05) is 23.1 Å². The molecule has 0 fully saturated rings. The van der Waals surface area contributed by atoms with Crippen LogP contribution < -0.4 is 16.5 Å². The molecule has 0 saturated heterocycles. The molecule has 2 amide bonds. The number of rotatable bonds is 9. The number of anilines is 3. The highest BCUT2D eigenvalue weighted by molar-refractivity contribution is 5.97. The molecular formula is C29H33N5O4. The number of nitriles is 1. The molecule has 0 saturated carbocycles. The zero-order chi connectivity index (χ0) is 27.8. The van der Waals surface area contributed by atoms with Crippen molar-refractivity contribution in [1.29, 1.82) is 5.26 Å². The molecule has 198 valence electrons. The predicted octanol–water partition coefficient (Wildman–Crippen LogP) is 5.33. The minimum absolute atomic E-state index is 0.183. The Hall–Kier alpha value is -4.55. The molecule has 38 heavy (non-hydrogen) atoms. The Balaban J connectivity index is 1.91. The summed E-state index contributed by atoms with van der Waals surface area (Å²) in [6.07, 6.45) is -0.760. The van der Waals surface area contributed by atoms with Gasteiger partial charge in [0.15, 0.2) is 0 Å². The maximum Gasteiger partial charge on any atom is 0.410 e. The maximum absolute atomic E-state index is 13.6. The van der Waals surface area contributed by atoms with E-state index in [4.69, 9.17) is 10.5 Å². The Morgan fingerprint density at radius 3 is 2.39 bits per heavy atom. The van der Waals surface area contributed by atoms with Crippen LogP contribution in [-0.2, 0) is 16.0 Å². The lowest BCUT2D eigenvalue weighted by atomic mass is 9.97. The average Bonchev–Trinajstić information content (AvgIpc) is 2.91. The third-order valence-electron chi connectivity index (χ3n) is 6.26. The van der Waals surface area contributed by atoms with Crippen LogP contribution in [0.1, 0.15) is 37.5 Å². The molecule has 0 heterocycles. The summed E-state index contributed by atoms with van der Waals surface area (Å²) < 4.78 is 5.41. The molecule has 0 aliphatic carbocycles. The molecule has 0 aliphatic heterocycles. The van der Waals surface area contributed by atoms with Gasteiger partial charge in [-0.2, -0.15) is 5.26 Å². The molecule has 0 unspecified atom stereocenters. The van der Waals surface area contributed by atoms with E-state index in [1.54, 1.807) is 58.0 Å². The van der Waals surface area contributed by atoms with Crippen LogP contribution in [-0.4, -0.2) is 40.8 Å². The molecule has 3 aromatic rings. The van der Waals surface area contributed by atoms with Gasteiger partial charge in [-0.3, -0.25) is 20.4 Å². The minimum Gasteiger partial charge on any atom is -0.447 e. The number of likely N-dealkylation sites (N-methyl/N-ethyl adjacent to an activating group) is 1. The van der Waals surface area contributed by atoms with E-state index < -0.39 is 12.1 Å². The number of nitrogens with two attached hydrogens (primary N) is 1. The van der Waals surface area contributed by atoms with Gasteiger partial charge in [-0.1, -0.05) is 36.4 Å². The Morgan fingerprint density at radius 2 is 1.79 bits per heavy atom. The monoisotopic (exact) mass is 515 g/mol. The Bertz CT molecular complexity index is 1330. The van der Waals surface area contributed by atoms with Gasteiger partial charge in [0, 0.05) is 18.7 Å². The molecular weight excluding hydrogens is 482 g/mol. The summed E-state index contributed by atoms with van der Waals surface area (Å²) >= 11 is 0. The number of hydrogen-bond acceptors (Lipinski definition) is 7. The molecule has 0 spiro atoms. The fourth-order valence-corrected chi connectivity index (χ4v) is 4.18. The molecule has 1 atom stereocenters. The van der Waals surface area contributed by atoms with Crippen molar-refractivity contribution in [2.24, 2.45) is 0 Å². The Kier molecular flexibility index (Phi) is 9.30. The van der Waals surface area contributed by atoms with Crippen LogP contribution in [0.4, 0.5) is 21.9 Å². The molecule has 9 nitrogen and oxygen atoms in total. The van der Waals surface area contributed by atoms with Crippen LogP contribution in [0.2, 0.25) is 0 Å². The second-order valence-corrected chi connectivity index (χ2v) is 9.09. The fraction of sp³-hybridized carbons (Fsp3) is 0.276. The Morgan fingerprint density at radius 1 is 1.11 bits per heavy atom. The SMILES string of the molecule is CCN(C(=O)OC(C)C)[C@@H](Cc1ccc(NO)c(N)c1C)C(=O)Nc1ccc(-c2ccccc2C#N)cc1. The van der Waals surface area contributed by atoms with E-state index in [9.17, 15) is 20.1 Å². The van der Waals surface area contributed by atoms with Crippen LogP contribution in [0.25, 0.3) is 11.1 Å². The highest BCUT2D eigenvalue weighted by Gasteiger charge is 2.31. The summed E-state index contributed by atoms with van der Waals surface area (Å²) in [5, 5.41) is 21.6. The predicted molar refractivity (Wildman–Crippen MR) is 148 cm³/mol. The zero-order valence-corrected chi connectivity index (χ0v) is 22.0. The van der Waals surface area contributed by atoms with Crippen molar-refractivity contribution in [3.05, 3.63) is 77.4 Å². The van der Waals surface area contributed by atoms with Gasteiger partial charge in [-0.25, -0.2) is 4.79 Å². The smallest absolute Gasteiger partial charge is 0.410 e. The molecule has 9 heteroatoms. The number of carbonyl (C=O) groups excluding carboxylic acids is 2. The molecule has 5 N–H and O–H groups in total. The summed E-state index contributed by atoms with van der Waals surface area (Å²) in [6, 6.07) is 19.1. The third-order valence-corrected chi connectivity index (χ3v) is 6.26. The summed E-state index contributed by atoms with van der Waals surface area (Å²) in [6.45, 7) is 7.32. The van der Waals surface area contributed by atoms with Crippen LogP contribution >= 0.6 is 0 Å². The first-order valence-electron chi connectivity index (χ1n) is 12.4. The highest BCUT2D eigenvalue weighted by Crippen LogP contribution is 2.28. The molecule has 3 aromatic carbocycles. The first-order chi connectivity index (χ1) is 18.2. The third kappa shape index (κ3) is 6.41. The second-order valence-electron chi connectivity index (χ2n) is 9.09. The quantitative estimate of drug-likeness (QED) is 0.223. The van der Waals surface area contributed by atoms with Gasteiger partial charge in [0.2, 0.25) is 5.91 Å². The number of carbonyl (C=O) groups is 2. The number of nitrogen functional groups attached to an aromatic ring is 1. The molecule has 3 rings (SSSR count). The lowest BCUT2D eigenvalue weighted by molar-refractivity contribution is -0.121. The summed E-state index contributed by atoms with van der Waals surface area (Å²) in [4.78, 5) is 27.9. The number of hydrogen-bond donors (Lipinski definition) is 4. The van der Waals surface area contributed by atoms with Crippen molar-refractivity contribution in [1.82, 2.24) is 4.90 Å². The summed E-state index contributed by atoms with van der Waals surface area (Å²) in [5.74, 6) is -0.389. The van der Waals surface area contributed by atoms with Crippen LogP contribution in [0.3, 0.4) is 0 Å². The van der Waals surface area contributed by atoms with Crippen molar-refractivity contribution < 1.29 is 19.5 Å². The van der Waals surface area contributed by atoms with Gasteiger partial charge >= 0.3 is 6.09 Å². The highest BCUT2D eigenvalue weighted by atomic mass is 16.6. The van der Waals surface area contributed by atoms with Crippen LogP contribution in [0, 0.1) is 18.3 Å². The van der Waals surface area contributed by atoms with Crippen LogP contribution in [0.5, 0.6) is 0 Å². The first kappa shape index (κ1) is 28.0. The van der Waals surface area contributed by atoms with Crippen molar-refractivity contribution >= 4 is 29.1 Å². The van der Waals surface area contributed by atoms with E-state index in [0.29, 0.717) is 28.2 Å². The lowest BCUT2D eigenvalue weighted by Crippen LogP contribution is -2.49. The minimum atomic E-state index is -0.892. The van der Waals surface area contributed by atoms with Crippen molar-refractivity contribution in [2.45, 2.75) is 46.3 Å². The summed E-state index contributed by atoms with van der Waals surface area (Å²) in [5.41, 5.74) is 13.1. The van der Waals surface area contributed by atoms with Gasteiger partial charge in [0.25, 0.3) is 0 Å². The number of amides is 2. The maximum atomic E-state index is 13.6. The van der Waals surface area contributed by atoms with Gasteiger partial charge < -0.3 is 15.8 Å². The van der Waals surface area contributed by atoms with E-state index >= 15 is 0 Å². The van der Waals surface area contributed by atoms with E-state index in [-0.39, 0.29) is 25.0 Å². The summed E-state index contributed by atoms with van der Waals surface area (Å²) in [7, 11) is 0. The van der Waals surface area contributed by atoms with E-state index in [1.807, 2.05) is 30.3 Å². The topological polar surface area (TPSA) is 141 Å². The number of ether oxygens (including phenoxy) is 1. The molecule has 0 aliphatic rings. The van der Waals surface area contributed by atoms with Crippen LogP contribution in [0.15, 0.2) is 60.7 Å². The number of nitrogens with one attached hydrogen (secondary N) is 2. The van der Waals surface area contributed by atoms with Gasteiger partial charge in [0.1, 0.15) is 6.04 Å². The standard InChI is InChI=1S/C29H33N5O4/c1-5-34(29(36)38-18(2)3)26(16-21-12-15-25(33-37)27(31)19(21)4)28(35)32-23-13-10-20(11-14-23)24-9-7-6-8-22(24)17-30/h6-15,18,26,33,37H,5,16,31H2,1-4H3,(H,32,35)/t26-/m0/s1. The van der Waals surface area contributed by atoms with Gasteiger partial charge in [-0.05, 0) is 74.2 Å². The molecule has 0 bridgehead atoms. The first-order valence-corrected chi connectivity index (χ1v) is 12.4. The molecule has 0 aromatic heterocycles. The zero-order valence-electron chi connectivity index (χ0n) is 22.0.